The number of benzene rings is 1. The molecule has 1 N–H and O–H groups in total. The van der Waals surface area contributed by atoms with Crippen molar-refractivity contribution in [3.05, 3.63) is 39.9 Å². The molecular weight excluding hydrogens is 317 g/mol. The molecule has 0 aliphatic heterocycles. The van der Waals surface area contributed by atoms with Crippen molar-refractivity contribution in [1.82, 2.24) is 5.32 Å². The first-order valence-corrected chi connectivity index (χ1v) is 8.80. The minimum absolute atomic E-state index is 0.0861. The quantitative estimate of drug-likeness (QED) is 0.418. The summed E-state index contributed by atoms with van der Waals surface area (Å²) in [5.74, 6) is -0.0861. The number of hydrogen-bond acceptors (Lipinski definition) is 1. The van der Waals surface area contributed by atoms with E-state index in [0.717, 1.165) is 18.5 Å². The van der Waals surface area contributed by atoms with Crippen molar-refractivity contribution in [3.8, 4) is 0 Å². The molecule has 122 valence electrons. The van der Waals surface area contributed by atoms with Gasteiger partial charge >= 0.3 is 0 Å². The zero-order valence-corrected chi connectivity index (χ0v) is 14.7. The maximum Gasteiger partial charge on any atom is 0.243 e. The van der Waals surface area contributed by atoms with Gasteiger partial charge in [-0.25, -0.2) is 0 Å². The molecule has 4 heteroatoms. The fourth-order valence-corrected chi connectivity index (χ4v) is 2.63. The molecule has 0 saturated carbocycles. The Bertz CT molecular complexity index is 486. The van der Waals surface area contributed by atoms with Crippen LogP contribution in [0.5, 0.6) is 0 Å². The highest BCUT2D eigenvalue weighted by atomic mass is 35.5. The first-order chi connectivity index (χ1) is 10.6. The third kappa shape index (κ3) is 8.45. The van der Waals surface area contributed by atoms with Gasteiger partial charge in [0.25, 0.3) is 0 Å². The van der Waals surface area contributed by atoms with Crippen LogP contribution in [-0.4, -0.2) is 12.5 Å². The second kappa shape index (κ2) is 11.6. The van der Waals surface area contributed by atoms with Crippen LogP contribution in [0, 0.1) is 0 Å². The standard InChI is InChI=1S/C18H25Cl2NO/c1-2-3-4-5-6-7-8-13-21-18(22)12-10-15-9-11-16(19)14-17(15)20/h9-12,14H,2-8,13H2,1H3,(H,21,22). The van der Waals surface area contributed by atoms with Crippen LogP contribution in [-0.2, 0) is 4.79 Å². The molecule has 0 atom stereocenters. The number of nitrogens with one attached hydrogen (secondary N) is 1. The zero-order chi connectivity index (χ0) is 16.2. The second-order valence-electron chi connectivity index (χ2n) is 5.41. The molecular formula is C18H25Cl2NO. The van der Waals surface area contributed by atoms with Gasteiger partial charge in [-0.3, -0.25) is 4.79 Å². The molecule has 22 heavy (non-hydrogen) atoms. The number of unbranched alkanes of at least 4 members (excludes halogenated alkanes) is 6. The van der Waals surface area contributed by atoms with Gasteiger partial charge in [-0.1, -0.05) is 74.7 Å². The van der Waals surface area contributed by atoms with E-state index in [1.165, 1.54) is 44.6 Å². The summed E-state index contributed by atoms with van der Waals surface area (Å²) >= 11 is 11.9. The van der Waals surface area contributed by atoms with Gasteiger partial charge in [0, 0.05) is 22.7 Å². The first-order valence-electron chi connectivity index (χ1n) is 8.04. The largest absolute Gasteiger partial charge is 0.353 e. The molecule has 1 aromatic carbocycles. The first kappa shape index (κ1) is 19.1. The molecule has 0 fully saturated rings. The van der Waals surface area contributed by atoms with E-state index >= 15 is 0 Å². The molecule has 0 saturated heterocycles. The summed E-state index contributed by atoms with van der Waals surface area (Å²) in [5.41, 5.74) is 0.789. The maximum absolute atomic E-state index is 11.7. The minimum atomic E-state index is -0.0861. The normalized spacial score (nSPS) is 11.0. The Labute approximate surface area is 143 Å². The van der Waals surface area contributed by atoms with Crippen LogP contribution >= 0.6 is 23.2 Å². The Morgan fingerprint density at radius 2 is 1.77 bits per heavy atom. The Morgan fingerprint density at radius 1 is 1.09 bits per heavy atom. The molecule has 0 aliphatic rings. The summed E-state index contributed by atoms with van der Waals surface area (Å²) in [7, 11) is 0. The highest BCUT2D eigenvalue weighted by Crippen LogP contribution is 2.21. The van der Waals surface area contributed by atoms with E-state index in [-0.39, 0.29) is 5.91 Å². The average Bonchev–Trinajstić information content (AvgIpc) is 2.49. The Hall–Kier alpha value is -0.990. The van der Waals surface area contributed by atoms with E-state index in [9.17, 15) is 4.79 Å². The van der Waals surface area contributed by atoms with Gasteiger partial charge in [-0.2, -0.15) is 0 Å². The van der Waals surface area contributed by atoms with Crippen molar-refractivity contribution in [1.29, 1.82) is 0 Å². The summed E-state index contributed by atoms with van der Waals surface area (Å²) in [6.45, 7) is 2.95. The Kier molecular flexibility index (Phi) is 10.0. The summed E-state index contributed by atoms with van der Waals surface area (Å²) in [4.78, 5) is 11.7. The Morgan fingerprint density at radius 3 is 2.45 bits per heavy atom. The summed E-state index contributed by atoms with van der Waals surface area (Å²) in [5, 5.41) is 4.02. The van der Waals surface area contributed by atoms with Crippen LogP contribution in [0.1, 0.15) is 57.4 Å². The van der Waals surface area contributed by atoms with Crippen LogP contribution < -0.4 is 5.32 Å². The van der Waals surface area contributed by atoms with Crippen molar-refractivity contribution in [2.75, 3.05) is 6.54 Å². The van der Waals surface area contributed by atoms with Gasteiger partial charge in [0.1, 0.15) is 0 Å². The van der Waals surface area contributed by atoms with E-state index in [1.807, 2.05) is 0 Å². The molecule has 0 aromatic heterocycles. The zero-order valence-electron chi connectivity index (χ0n) is 13.2. The highest BCUT2D eigenvalue weighted by Gasteiger charge is 1.99. The van der Waals surface area contributed by atoms with E-state index < -0.39 is 0 Å². The molecule has 1 rings (SSSR count). The third-order valence-corrected chi connectivity index (χ3v) is 4.02. The van der Waals surface area contributed by atoms with E-state index in [4.69, 9.17) is 23.2 Å². The van der Waals surface area contributed by atoms with Crippen molar-refractivity contribution in [2.45, 2.75) is 51.9 Å². The molecule has 0 heterocycles. The lowest BCUT2D eigenvalue weighted by atomic mass is 10.1. The topological polar surface area (TPSA) is 29.1 Å². The fourth-order valence-electron chi connectivity index (χ4n) is 2.15. The molecule has 0 radical (unpaired) electrons. The molecule has 2 nitrogen and oxygen atoms in total. The van der Waals surface area contributed by atoms with Crippen LogP contribution in [0.2, 0.25) is 10.0 Å². The predicted octanol–water partition coefficient (Wildman–Crippen LogP) is 5.87. The lowest BCUT2D eigenvalue weighted by molar-refractivity contribution is -0.116. The maximum atomic E-state index is 11.7. The highest BCUT2D eigenvalue weighted by molar-refractivity contribution is 6.35. The fraction of sp³-hybridized carbons (Fsp3) is 0.500. The molecule has 0 aliphatic carbocycles. The minimum Gasteiger partial charge on any atom is -0.353 e. The lowest BCUT2D eigenvalue weighted by Gasteiger charge is -2.03. The molecule has 0 spiro atoms. The SMILES string of the molecule is CCCCCCCCCNC(=O)C=Cc1ccc(Cl)cc1Cl. The predicted molar refractivity (Wildman–Crippen MR) is 96.5 cm³/mol. The summed E-state index contributed by atoms with van der Waals surface area (Å²) < 4.78 is 0. The van der Waals surface area contributed by atoms with Gasteiger partial charge in [0.2, 0.25) is 5.91 Å². The number of hydrogen-bond donors (Lipinski definition) is 1. The van der Waals surface area contributed by atoms with Crippen molar-refractivity contribution in [2.24, 2.45) is 0 Å². The van der Waals surface area contributed by atoms with Gasteiger partial charge in [-0.15, -0.1) is 0 Å². The smallest absolute Gasteiger partial charge is 0.243 e. The van der Waals surface area contributed by atoms with Crippen molar-refractivity contribution < 1.29 is 4.79 Å². The summed E-state index contributed by atoms with van der Waals surface area (Å²) in [6.07, 6.45) is 11.9. The van der Waals surface area contributed by atoms with E-state index in [1.54, 1.807) is 24.3 Å². The Balaban J connectivity index is 2.16. The number of rotatable bonds is 10. The van der Waals surface area contributed by atoms with Gasteiger partial charge in [-0.05, 0) is 30.2 Å². The van der Waals surface area contributed by atoms with Gasteiger partial charge in [0.05, 0.1) is 0 Å². The molecule has 0 unspecified atom stereocenters. The average molecular weight is 342 g/mol. The lowest BCUT2D eigenvalue weighted by Crippen LogP contribution is -2.21. The van der Waals surface area contributed by atoms with Crippen LogP contribution in [0.25, 0.3) is 6.08 Å². The number of halogens is 2. The van der Waals surface area contributed by atoms with Crippen LogP contribution in [0.15, 0.2) is 24.3 Å². The number of carbonyl (C=O) groups excluding carboxylic acids is 1. The molecule has 1 aromatic rings. The molecule has 1 amide bonds. The van der Waals surface area contributed by atoms with Crippen LogP contribution in [0.4, 0.5) is 0 Å². The molecule has 0 bridgehead atoms. The van der Waals surface area contributed by atoms with Crippen molar-refractivity contribution in [3.63, 3.8) is 0 Å². The van der Waals surface area contributed by atoms with E-state index in [0.29, 0.717) is 10.0 Å². The number of amides is 1. The second-order valence-corrected chi connectivity index (χ2v) is 6.26. The van der Waals surface area contributed by atoms with Crippen molar-refractivity contribution >= 4 is 35.2 Å². The van der Waals surface area contributed by atoms with Gasteiger partial charge in [0.15, 0.2) is 0 Å². The number of carbonyl (C=O) groups is 1. The third-order valence-electron chi connectivity index (χ3n) is 3.46. The van der Waals surface area contributed by atoms with E-state index in [2.05, 4.69) is 12.2 Å². The van der Waals surface area contributed by atoms with Crippen LogP contribution in [0.3, 0.4) is 0 Å². The monoisotopic (exact) mass is 341 g/mol. The summed E-state index contributed by atoms with van der Waals surface area (Å²) in [6, 6.07) is 5.22. The van der Waals surface area contributed by atoms with Gasteiger partial charge < -0.3 is 5.32 Å².